The number of hydrogen-bond donors (Lipinski definition) is 2. The van der Waals surface area contributed by atoms with Gasteiger partial charge in [0.15, 0.2) is 0 Å². The highest BCUT2D eigenvalue weighted by Crippen LogP contribution is 2.39. The Morgan fingerprint density at radius 2 is 1.94 bits per heavy atom. The van der Waals surface area contributed by atoms with Crippen molar-refractivity contribution in [1.29, 1.82) is 0 Å². The van der Waals surface area contributed by atoms with Crippen LogP contribution >= 0.6 is 11.6 Å². The zero-order valence-corrected chi connectivity index (χ0v) is 12.0. The number of benzene rings is 1. The number of anilines is 1. The van der Waals surface area contributed by atoms with Crippen LogP contribution in [0.15, 0.2) is 18.2 Å². The molecule has 2 atom stereocenters. The van der Waals surface area contributed by atoms with Gasteiger partial charge in [0.2, 0.25) is 0 Å². The van der Waals surface area contributed by atoms with E-state index in [2.05, 4.69) is 0 Å². The van der Waals surface area contributed by atoms with Gasteiger partial charge in [0.25, 0.3) is 0 Å². The van der Waals surface area contributed by atoms with Crippen molar-refractivity contribution in [2.24, 2.45) is 11.3 Å². The molecule has 1 aromatic rings. The van der Waals surface area contributed by atoms with E-state index >= 15 is 0 Å². The summed E-state index contributed by atoms with van der Waals surface area (Å²) >= 11 is 5.88. The number of carboxylic acids is 1. The maximum atomic E-state index is 11.5. The maximum absolute atomic E-state index is 11.5. The number of aliphatic carboxylic acids is 1. The average molecular weight is 270 g/mol. The van der Waals surface area contributed by atoms with Crippen LogP contribution in [0.5, 0.6) is 0 Å². The summed E-state index contributed by atoms with van der Waals surface area (Å²) in [6.45, 7) is 7.71. The predicted octanol–water partition coefficient (Wildman–Crippen LogP) is 3.77. The minimum atomic E-state index is -0.788. The van der Waals surface area contributed by atoms with Crippen LogP contribution in [0.1, 0.15) is 39.2 Å². The van der Waals surface area contributed by atoms with Crippen molar-refractivity contribution >= 4 is 23.3 Å². The molecule has 1 aromatic carbocycles. The van der Waals surface area contributed by atoms with Gasteiger partial charge in [0, 0.05) is 0 Å². The highest BCUT2D eigenvalue weighted by molar-refractivity contribution is 6.33. The molecule has 0 aliphatic carbocycles. The van der Waals surface area contributed by atoms with Crippen LogP contribution in [-0.2, 0) is 4.79 Å². The lowest BCUT2D eigenvalue weighted by Crippen LogP contribution is -2.32. The molecule has 0 aliphatic heterocycles. The Morgan fingerprint density at radius 3 is 2.33 bits per heavy atom. The number of nitrogen functional groups attached to an aromatic ring is 1. The van der Waals surface area contributed by atoms with Gasteiger partial charge in [-0.1, -0.05) is 45.4 Å². The van der Waals surface area contributed by atoms with Crippen molar-refractivity contribution in [2.75, 3.05) is 5.73 Å². The smallest absolute Gasteiger partial charge is 0.307 e. The minimum absolute atomic E-state index is 0.123. The predicted molar refractivity (Wildman–Crippen MR) is 74.9 cm³/mol. The molecule has 0 aliphatic rings. The second-order valence-corrected chi connectivity index (χ2v) is 6.16. The van der Waals surface area contributed by atoms with E-state index in [-0.39, 0.29) is 11.3 Å². The van der Waals surface area contributed by atoms with E-state index in [1.807, 2.05) is 33.8 Å². The molecule has 1 rings (SSSR count). The Kier molecular flexibility index (Phi) is 4.28. The van der Waals surface area contributed by atoms with Crippen LogP contribution < -0.4 is 5.73 Å². The van der Waals surface area contributed by atoms with Gasteiger partial charge in [-0.25, -0.2) is 0 Å². The highest BCUT2D eigenvalue weighted by Gasteiger charge is 2.36. The van der Waals surface area contributed by atoms with Crippen LogP contribution in [0.4, 0.5) is 5.69 Å². The molecular weight excluding hydrogens is 250 g/mol. The van der Waals surface area contributed by atoms with E-state index in [1.54, 1.807) is 12.1 Å². The number of carboxylic acid groups (broad SMARTS) is 1. The summed E-state index contributed by atoms with van der Waals surface area (Å²) < 4.78 is 0. The first-order chi connectivity index (χ1) is 8.14. The third-order valence-corrected chi connectivity index (χ3v) is 3.59. The monoisotopic (exact) mass is 269 g/mol. The summed E-state index contributed by atoms with van der Waals surface area (Å²) in [7, 11) is 0. The van der Waals surface area contributed by atoms with E-state index in [0.717, 1.165) is 5.56 Å². The fourth-order valence-corrected chi connectivity index (χ4v) is 2.49. The van der Waals surface area contributed by atoms with Crippen molar-refractivity contribution in [1.82, 2.24) is 0 Å². The Labute approximate surface area is 113 Å². The van der Waals surface area contributed by atoms with E-state index in [4.69, 9.17) is 17.3 Å². The molecular formula is C14H20ClNO2. The number of rotatable bonds is 3. The zero-order chi connectivity index (χ0) is 14.1. The molecule has 3 nitrogen and oxygen atoms in total. The zero-order valence-electron chi connectivity index (χ0n) is 11.2. The first kappa shape index (κ1) is 14.8. The van der Waals surface area contributed by atoms with Crippen LogP contribution in [-0.4, -0.2) is 11.1 Å². The molecule has 0 radical (unpaired) electrons. The summed E-state index contributed by atoms with van der Waals surface area (Å²) in [6, 6.07) is 5.31. The number of halogens is 1. The molecule has 0 aromatic heterocycles. The first-order valence-electron chi connectivity index (χ1n) is 5.92. The third-order valence-electron chi connectivity index (χ3n) is 3.24. The van der Waals surface area contributed by atoms with Gasteiger partial charge in [-0.3, -0.25) is 4.79 Å². The van der Waals surface area contributed by atoms with Gasteiger partial charge in [0.05, 0.1) is 16.6 Å². The van der Waals surface area contributed by atoms with Gasteiger partial charge >= 0.3 is 5.97 Å². The van der Waals surface area contributed by atoms with Crippen LogP contribution in [0.2, 0.25) is 5.02 Å². The summed E-state index contributed by atoms with van der Waals surface area (Å²) in [5.41, 5.74) is 6.83. The Hall–Kier alpha value is -1.22. The average Bonchev–Trinajstić information content (AvgIpc) is 2.19. The van der Waals surface area contributed by atoms with E-state index < -0.39 is 11.9 Å². The molecule has 18 heavy (non-hydrogen) atoms. The van der Waals surface area contributed by atoms with Crippen molar-refractivity contribution in [3.63, 3.8) is 0 Å². The Morgan fingerprint density at radius 1 is 1.39 bits per heavy atom. The van der Waals surface area contributed by atoms with Gasteiger partial charge in [-0.2, -0.15) is 0 Å². The molecule has 0 fully saturated rings. The van der Waals surface area contributed by atoms with Gasteiger partial charge < -0.3 is 10.8 Å². The molecule has 0 saturated heterocycles. The summed E-state index contributed by atoms with van der Waals surface area (Å²) in [5.74, 6) is -1.39. The van der Waals surface area contributed by atoms with Crippen molar-refractivity contribution in [3.05, 3.63) is 28.8 Å². The molecule has 0 saturated carbocycles. The molecule has 0 amide bonds. The lowest BCUT2D eigenvalue weighted by Gasteiger charge is -2.32. The fourth-order valence-electron chi connectivity index (χ4n) is 2.37. The molecule has 100 valence electrons. The molecule has 3 N–H and O–H groups in total. The quantitative estimate of drug-likeness (QED) is 0.821. The first-order valence-corrected chi connectivity index (χ1v) is 6.30. The fraction of sp³-hybridized carbons (Fsp3) is 0.500. The summed E-state index contributed by atoms with van der Waals surface area (Å²) in [5, 5.41) is 9.90. The topological polar surface area (TPSA) is 63.3 Å². The SMILES string of the molecule is C[C@@H](c1ccc(Cl)c(N)c1)C(C(=O)O)C(C)(C)C. The van der Waals surface area contributed by atoms with E-state index in [9.17, 15) is 9.90 Å². The van der Waals surface area contributed by atoms with Gasteiger partial charge in [0.1, 0.15) is 0 Å². The van der Waals surface area contributed by atoms with Crippen LogP contribution in [0.25, 0.3) is 0 Å². The van der Waals surface area contributed by atoms with Gasteiger partial charge in [-0.05, 0) is 29.0 Å². The molecule has 0 spiro atoms. The second-order valence-electron chi connectivity index (χ2n) is 5.75. The van der Waals surface area contributed by atoms with Crippen molar-refractivity contribution in [3.8, 4) is 0 Å². The lowest BCUT2D eigenvalue weighted by atomic mass is 9.71. The maximum Gasteiger partial charge on any atom is 0.307 e. The van der Waals surface area contributed by atoms with Crippen molar-refractivity contribution in [2.45, 2.75) is 33.6 Å². The number of nitrogens with two attached hydrogens (primary N) is 1. The second kappa shape index (κ2) is 5.19. The Balaban J connectivity index is 3.14. The third kappa shape index (κ3) is 3.16. The van der Waals surface area contributed by atoms with E-state index in [1.165, 1.54) is 0 Å². The van der Waals surface area contributed by atoms with Crippen LogP contribution in [0.3, 0.4) is 0 Å². The number of hydrogen-bond acceptors (Lipinski definition) is 2. The lowest BCUT2D eigenvalue weighted by molar-refractivity contribution is -0.146. The minimum Gasteiger partial charge on any atom is -0.481 e. The van der Waals surface area contributed by atoms with Gasteiger partial charge in [-0.15, -0.1) is 0 Å². The summed E-state index contributed by atoms with van der Waals surface area (Å²) in [6.07, 6.45) is 0. The normalized spacial score (nSPS) is 15.2. The standard InChI is InChI=1S/C14H20ClNO2/c1-8(12(13(17)18)14(2,3)4)9-5-6-10(15)11(16)7-9/h5-8,12H,16H2,1-4H3,(H,17,18)/t8-,12?/m0/s1. The molecule has 0 bridgehead atoms. The highest BCUT2D eigenvalue weighted by atomic mass is 35.5. The Bertz CT molecular complexity index is 452. The largest absolute Gasteiger partial charge is 0.481 e. The number of carbonyl (C=O) groups is 1. The van der Waals surface area contributed by atoms with Crippen molar-refractivity contribution < 1.29 is 9.90 Å². The summed E-state index contributed by atoms with van der Waals surface area (Å²) in [4.78, 5) is 11.5. The van der Waals surface area contributed by atoms with E-state index in [0.29, 0.717) is 10.7 Å². The molecule has 4 heteroatoms. The molecule has 1 unspecified atom stereocenters. The molecule has 0 heterocycles. The van der Waals surface area contributed by atoms with Crippen LogP contribution in [0, 0.1) is 11.3 Å².